The molecular formula is C11H16N2O. The van der Waals surface area contributed by atoms with Gasteiger partial charge in [0.2, 0.25) is 0 Å². The Hall–Kier alpha value is -1.51. The van der Waals surface area contributed by atoms with Gasteiger partial charge in [-0.15, -0.1) is 0 Å². The van der Waals surface area contributed by atoms with Crippen LogP contribution in [0, 0.1) is 13.8 Å². The zero-order valence-electron chi connectivity index (χ0n) is 8.63. The van der Waals surface area contributed by atoms with E-state index < -0.39 is 6.03 Å². The van der Waals surface area contributed by atoms with Crippen molar-refractivity contribution >= 4 is 6.03 Å². The van der Waals surface area contributed by atoms with Crippen LogP contribution in [0.15, 0.2) is 18.2 Å². The summed E-state index contributed by atoms with van der Waals surface area (Å²) in [5.74, 6) is 0. The summed E-state index contributed by atoms with van der Waals surface area (Å²) in [7, 11) is 0. The molecule has 0 bridgehead atoms. The maximum Gasteiger partial charge on any atom is 0.312 e. The predicted octanol–water partition coefficient (Wildman–Crippen LogP) is 1.51. The number of benzene rings is 1. The highest BCUT2D eigenvalue weighted by Gasteiger charge is 1.98. The number of rotatable bonds is 3. The number of urea groups is 1. The van der Waals surface area contributed by atoms with E-state index in [4.69, 9.17) is 5.73 Å². The normalized spacial score (nSPS) is 9.86. The van der Waals surface area contributed by atoms with Gasteiger partial charge in [-0.2, -0.15) is 0 Å². The SMILES string of the molecule is Cc1ccc(CCNC(N)=O)c(C)c1. The lowest BCUT2D eigenvalue weighted by atomic mass is 10.0. The smallest absolute Gasteiger partial charge is 0.312 e. The van der Waals surface area contributed by atoms with Crippen LogP contribution in [0.1, 0.15) is 16.7 Å². The molecule has 0 saturated carbocycles. The predicted molar refractivity (Wildman–Crippen MR) is 57.2 cm³/mol. The van der Waals surface area contributed by atoms with E-state index in [2.05, 4.69) is 37.4 Å². The number of amides is 2. The van der Waals surface area contributed by atoms with E-state index in [1.165, 1.54) is 16.7 Å². The fraction of sp³-hybridized carbons (Fsp3) is 0.364. The van der Waals surface area contributed by atoms with Crippen molar-refractivity contribution in [2.45, 2.75) is 20.3 Å². The van der Waals surface area contributed by atoms with E-state index in [1.807, 2.05) is 0 Å². The zero-order chi connectivity index (χ0) is 10.6. The van der Waals surface area contributed by atoms with Crippen LogP contribution in [-0.4, -0.2) is 12.6 Å². The van der Waals surface area contributed by atoms with Crippen molar-refractivity contribution in [2.75, 3.05) is 6.54 Å². The molecule has 1 aromatic rings. The number of carbonyl (C=O) groups is 1. The molecule has 0 unspecified atom stereocenters. The van der Waals surface area contributed by atoms with Gasteiger partial charge in [-0.1, -0.05) is 23.8 Å². The summed E-state index contributed by atoms with van der Waals surface area (Å²) in [6.45, 7) is 4.74. The summed E-state index contributed by atoms with van der Waals surface area (Å²) < 4.78 is 0. The molecule has 14 heavy (non-hydrogen) atoms. The van der Waals surface area contributed by atoms with Crippen LogP contribution in [0.3, 0.4) is 0 Å². The molecule has 0 fully saturated rings. The Kier molecular flexibility index (Phi) is 3.51. The first-order valence-electron chi connectivity index (χ1n) is 4.69. The van der Waals surface area contributed by atoms with E-state index >= 15 is 0 Å². The van der Waals surface area contributed by atoms with Crippen LogP contribution in [0.5, 0.6) is 0 Å². The van der Waals surface area contributed by atoms with E-state index in [-0.39, 0.29) is 0 Å². The highest BCUT2D eigenvalue weighted by Crippen LogP contribution is 2.10. The van der Waals surface area contributed by atoms with Crippen molar-refractivity contribution in [3.8, 4) is 0 Å². The lowest BCUT2D eigenvalue weighted by Gasteiger charge is -2.06. The second-order valence-corrected chi connectivity index (χ2v) is 3.47. The Morgan fingerprint density at radius 2 is 2.14 bits per heavy atom. The number of hydrogen-bond acceptors (Lipinski definition) is 1. The molecule has 0 radical (unpaired) electrons. The Bertz CT molecular complexity index is 334. The Labute approximate surface area is 84.3 Å². The number of hydrogen-bond donors (Lipinski definition) is 2. The number of nitrogens with two attached hydrogens (primary N) is 1. The Morgan fingerprint density at radius 3 is 2.71 bits per heavy atom. The quantitative estimate of drug-likeness (QED) is 0.749. The third-order valence-corrected chi connectivity index (χ3v) is 2.19. The molecule has 1 aromatic carbocycles. The molecule has 3 heteroatoms. The van der Waals surface area contributed by atoms with Crippen LogP contribution in [-0.2, 0) is 6.42 Å². The largest absolute Gasteiger partial charge is 0.352 e. The van der Waals surface area contributed by atoms with Crippen LogP contribution < -0.4 is 11.1 Å². The second kappa shape index (κ2) is 4.65. The highest BCUT2D eigenvalue weighted by atomic mass is 16.2. The zero-order valence-corrected chi connectivity index (χ0v) is 8.63. The summed E-state index contributed by atoms with van der Waals surface area (Å²) >= 11 is 0. The van der Waals surface area contributed by atoms with E-state index in [1.54, 1.807) is 0 Å². The molecule has 76 valence electrons. The van der Waals surface area contributed by atoms with Gasteiger partial charge in [-0.05, 0) is 31.4 Å². The molecular weight excluding hydrogens is 176 g/mol. The molecule has 0 aliphatic heterocycles. The van der Waals surface area contributed by atoms with Crippen molar-refractivity contribution in [2.24, 2.45) is 5.73 Å². The van der Waals surface area contributed by atoms with Crippen molar-refractivity contribution in [1.29, 1.82) is 0 Å². The average Bonchev–Trinajstić information content (AvgIpc) is 2.08. The maximum atomic E-state index is 10.4. The lowest BCUT2D eigenvalue weighted by Crippen LogP contribution is -2.31. The molecule has 0 heterocycles. The molecule has 0 aliphatic carbocycles. The van der Waals surface area contributed by atoms with Gasteiger partial charge >= 0.3 is 6.03 Å². The number of primary amides is 1. The van der Waals surface area contributed by atoms with Crippen LogP contribution in [0.4, 0.5) is 4.79 Å². The monoisotopic (exact) mass is 192 g/mol. The van der Waals surface area contributed by atoms with Gasteiger partial charge in [0, 0.05) is 6.54 Å². The molecule has 0 spiro atoms. The van der Waals surface area contributed by atoms with E-state index in [0.717, 1.165) is 6.42 Å². The fourth-order valence-electron chi connectivity index (χ4n) is 1.45. The van der Waals surface area contributed by atoms with Gasteiger partial charge in [0.05, 0.1) is 0 Å². The van der Waals surface area contributed by atoms with Gasteiger partial charge in [0.25, 0.3) is 0 Å². The molecule has 0 aliphatic rings. The summed E-state index contributed by atoms with van der Waals surface area (Å²) in [6, 6.07) is 5.84. The first-order valence-corrected chi connectivity index (χ1v) is 4.69. The minimum atomic E-state index is -0.463. The number of carbonyl (C=O) groups excluding carboxylic acids is 1. The van der Waals surface area contributed by atoms with Crippen LogP contribution >= 0.6 is 0 Å². The van der Waals surface area contributed by atoms with Crippen LogP contribution in [0.25, 0.3) is 0 Å². The number of nitrogens with one attached hydrogen (secondary N) is 1. The summed E-state index contributed by atoms with van der Waals surface area (Å²) in [5, 5.41) is 2.57. The third-order valence-electron chi connectivity index (χ3n) is 2.19. The summed E-state index contributed by atoms with van der Waals surface area (Å²) in [5.41, 5.74) is 8.74. The lowest BCUT2D eigenvalue weighted by molar-refractivity contribution is 0.249. The molecule has 0 aromatic heterocycles. The number of aryl methyl sites for hydroxylation is 2. The minimum absolute atomic E-state index is 0.463. The molecule has 2 amide bonds. The van der Waals surface area contributed by atoms with Gasteiger partial charge in [-0.25, -0.2) is 4.79 Å². The van der Waals surface area contributed by atoms with Crippen LogP contribution in [0.2, 0.25) is 0 Å². The van der Waals surface area contributed by atoms with Gasteiger partial charge in [-0.3, -0.25) is 0 Å². The van der Waals surface area contributed by atoms with Gasteiger partial charge < -0.3 is 11.1 Å². The van der Waals surface area contributed by atoms with E-state index in [9.17, 15) is 4.79 Å². The first-order chi connectivity index (χ1) is 6.59. The minimum Gasteiger partial charge on any atom is -0.352 e. The maximum absolute atomic E-state index is 10.4. The second-order valence-electron chi connectivity index (χ2n) is 3.47. The summed E-state index contributed by atoms with van der Waals surface area (Å²) in [6.07, 6.45) is 0.828. The Morgan fingerprint density at radius 1 is 1.43 bits per heavy atom. The topological polar surface area (TPSA) is 55.1 Å². The van der Waals surface area contributed by atoms with Crippen molar-refractivity contribution < 1.29 is 4.79 Å². The summed E-state index contributed by atoms with van der Waals surface area (Å²) in [4.78, 5) is 10.4. The third kappa shape index (κ3) is 3.09. The first kappa shape index (κ1) is 10.6. The molecule has 1 rings (SSSR count). The highest BCUT2D eigenvalue weighted by molar-refractivity contribution is 5.71. The van der Waals surface area contributed by atoms with Crippen molar-refractivity contribution in [1.82, 2.24) is 5.32 Å². The van der Waals surface area contributed by atoms with Crippen molar-refractivity contribution in [3.05, 3.63) is 34.9 Å². The molecule has 0 saturated heterocycles. The molecule has 0 atom stereocenters. The average molecular weight is 192 g/mol. The standard InChI is InChI=1S/C11H16N2O/c1-8-3-4-10(9(2)7-8)5-6-13-11(12)14/h3-4,7H,5-6H2,1-2H3,(H3,12,13,14). The van der Waals surface area contributed by atoms with Crippen molar-refractivity contribution in [3.63, 3.8) is 0 Å². The van der Waals surface area contributed by atoms with E-state index in [0.29, 0.717) is 6.54 Å². The fourth-order valence-corrected chi connectivity index (χ4v) is 1.45. The Balaban J connectivity index is 2.55. The molecule has 3 N–H and O–H groups in total. The van der Waals surface area contributed by atoms with Gasteiger partial charge in [0.15, 0.2) is 0 Å². The molecule has 3 nitrogen and oxygen atoms in total. The van der Waals surface area contributed by atoms with Gasteiger partial charge in [0.1, 0.15) is 0 Å².